The highest BCUT2D eigenvalue weighted by molar-refractivity contribution is 6.24. The van der Waals surface area contributed by atoms with Crippen LogP contribution in [0, 0.1) is 5.92 Å². The van der Waals surface area contributed by atoms with Gasteiger partial charge in [0.05, 0.1) is 5.71 Å². The largest absolute Gasteiger partial charge is 0.325 e. The smallest absolute Gasteiger partial charge is 0.260 e. The first-order valence-electron chi connectivity index (χ1n) is 7.57. The van der Waals surface area contributed by atoms with Gasteiger partial charge in [-0.1, -0.05) is 26.0 Å². The van der Waals surface area contributed by atoms with Crippen molar-refractivity contribution in [2.75, 3.05) is 12.4 Å². The molecule has 5 heteroatoms. The molecule has 1 aromatic rings. The van der Waals surface area contributed by atoms with E-state index in [0.29, 0.717) is 5.71 Å². The molecule has 0 saturated carbocycles. The van der Waals surface area contributed by atoms with Gasteiger partial charge in [-0.3, -0.25) is 9.59 Å². The molecule has 5 nitrogen and oxygen atoms in total. The molecular formula is C17H21N3O2. The molecule has 0 saturated heterocycles. The Morgan fingerprint density at radius 3 is 2.77 bits per heavy atom. The van der Waals surface area contributed by atoms with Crippen molar-refractivity contribution in [2.45, 2.75) is 39.0 Å². The predicted octanol–water partition coefficient (Wildman–Crippen LogP) is 2.31. The Bertz CT molecular complexity index is 691. The van der Waals surface area contributed by atoms with E-state index in [2.05, 4.69) is 30.3 Å². The number of rotatable bonds is 2. The first-order chi connectivity index (χ1) is 10.3. The number of hydrazone groups is 1. The van der Waals surface area contributed by atoms with E-state index in [4.69, 9.17) is 0 Å². The third-order valence-electron chi connectivity index (χ3n) is 4.72. The monoisotopic (exact) mass is 299 g/mol. The summed E-state index contributed by atoms with van der Waals surface area (Å²) in [5, 5.41) is 8.22. The first kappa shape index (κ1) is 14.8. The highest BCUT2D eigenvalue weighted by Gasteiger charge is 2.38. The molecular weight excluding hydrogens is 278 g/mol. The Hall–Kier alpha value is -2.17. The number of nitrogens with one attached hydrogen (secondary N) is 1. The van der Waals surface area contributed by atoms with Crippen molar-refractivity contribution in [3.05, 3.63) is 29.3 Å². The molecule has 0 fully saturated rings. The summed E-state index contributed by atoms with van der Waals surface area (Å²) in [6, 6.07) is 6.00. The van der Waals surface area contributed by atoms with Crippen LogP contribution in [0.4, 0.5) is 5.69 Å². The van der Waals surface area contributed by atoms with Crippen molar-refractivity contribution < 1.29 is 9.59 Å². The molecule has 22 heavy (non-hydrogen) atoms. The Labute approximate surface area is 130 Å². The number of carbonyl (C=O) groups is 2. The summed E-state index contributed by atoms with van der Waals surface area (Å²) in [6.07, 6.45) is 2.02. The van der Waals surface area contributed by atoms with Crippen LogP contribution in [0.5, 0.6) is 0 Å². The lowest BCUT2D eigenvalue weighted by Crippen LogP contribution is -2.35. The van der Waals surface area contributed by atoms with E-state index in [-0.39, 0.29) is 17.2 Å². The fourth-order valence-electron chi connectivity index (χ4n) is 3.40. The van der Waals surface area contributed by atoms with Gasteiger partial charge < -0.3 is 5.32 Å². The maximum atomic E-state index is 12.5. The molecule has 0 aromatic heterocycles. The second kappa shape index (κ2) is 4.93. The van der Waals surface area contributed by atoms with Gasteiger partial charge in [0, 0.05) is 12.7 Å². The van der Waals surface area contributed by atoms with E-state index in [1.54, 1.807) is 14.0 Å². The summed E-state index contributed by atoms with van der Waals surface area (Å²) in [6.45, 7) is 6.15. The van der Waals surface area contributed by atoms with E-state index < -0.39 is 5.92 Å². The number of nitrogens with zero attached hydrogens (tertiary/aromatic N) is 2. The number of benzene rings is 1. The van der Waals surface area contributed by atoms with Crippen LogP contribution >= 0.6 is 0 Å². The zero-order valence-electron chi connectivity index (χ0n) is 13.4. The SMILES string of the molecule is CC1=NN(C)C(=O)C1C(=O)Nc1cccc2c1CCC2(C)C. The standard InChI is InChI=1S/C17H21N3O2/c1-10-14(16(22)20(4)19-10)15(21)18-13-7-5-6-12-11(13)8-9-17(12,2)3/h5-7,14H,8-9H2,1-4H3,(H,18,21). The third kappa shape index (κ3) is 2.21. The Morgan fingerprint density at radius 2 is 2.14 bits per heavy atom. The Balaban J connectivity index is 1.87. The predicted molar refractivity (Wildman–Crippen MR) is 85.8 cm³/mol. The molecule has 3 rings (SSSR count). The van der Waals surface area contributed by atoms with Crippen LogP contribution in [-0.2, 0) is 21.4 Å². The highest BCUT2D eigenvalue weighted by atomic mass is 16.2. The lowest BCUT2D eigenvalue weighted by Gasteiger charge is -2.19. The van der Waals surface area contributed by atoms with Crippen LogP contribution in [0.25, 0.3) is 0 Å². The van der Waals surface area contributed by atoms with Gasteiger partial charge in [0.25, 0.3) is 5.91 Å². The van der Waals surface area contributed by atoms with Crippen LogP contribution < -0.4 is 5.32 Å². The van der Waals surface area contributed by atoms with Gasteiger partial charge in [0.2, 0.25) is 5.91 Å². The normalized spacial score (nSPS) is 22.5. The Morgan fingerprint density at radius 1 is 1.41 bits per heavy atom. The third-order valence-corrected chi connectivity index (χ3v) is 4.72. The maximum absolute atomic E-state index is 12.5. The van der Waals surface area contributed by atoms with Gasteiger partial charge in [0.1, 0.15) is 0 Å². The van der Waals surface area contributed by atoms with E-state index in [1.165, 1.54) is 16.1 Å². The van der Waals surface area contributed by atoms with Crippen molar-refractivity contribution in [1.29, 1.82) is 0 Å². The molecule has 1 atom stereocenters. The van der Waals surface area contributed by atoms with Crippen LogP contribution in [0.1, 0.15) is 38.3 Å². The molecule has 1 aliphatic heterocycles. The van der Waals surface area contributed by atoms with Crippen molar-refractivity contribution in [3.63, 3.8) is 0 Å². The molecule has 1 N–H and O–H groups in total. The molecule has 1 aliphatic carbocycles. The quantitative estimate of drug-likeness (QED) is 0.852. The summed E-state index contributed by atoms with van der Waals surface area (Å²) >= 11 is 0. The number of carbonyl (C=O) groups excluding carboxylic acids is 2. The molecule has 2 aliphatic rings. The molecule has 2 amide bonds. The van der Waals surface area contributed by atoms with Gasteiger partial charge in [-0.2, -0.15) is 5.10 Å². The van der Waals surface area contributed by atoms with Crippen LogP contribution in [-0.4, -0.2) is 29.6 Å². The first-order valence-corrected chi connectivity index (χ1v) is 7.57. The Kier molecular flexibility index (Phi) is 3.31. The average molecular weight is 299 g/mol. The lowest BCUT2D eigenvalue weighted by molar-refractivity contribution is -0.134. The topological polar surface area (TPSA) is 61.8 Å². The molecule has 116 valence electrons. The van der Waals surface area contributed by atoms with Gasteiger partial charge >= 0.3 is 0 Å². The zero-order chi connectivity index (χ0) is 16.1. The molecule has 1 heterocycles. The molecule has 0 radical (unpaired) electrons. The summed E-state index contributed by atoms with van der Waals surface area (Å²) in [5.74, 6) is -1.38. The van der Waals surface area contributed by atoms with Crippen molar-refractivity contribution in [3.8, 4) is 0 Å². The van der Waals surface area contributed by atoms with Gasteiger partial charge in [-0.05, 0) is 42.4 Å². The van der Waals surface area contributed by atoms with Gasteiger partial charge in [0.15, 0.2) is 5.92 Å². The number of hydrogen-bond acceptors (Lipinski definition) is 3. The van der Waals surface area contributed by atoms with E-state index >= 15 is 0 Å². The molecule has 0 spiro atoms. The van der Waals surface area contributed by atoms with Crippen LogP contribution in [0.3, 0.4) is 0 Å². The maximum Gasteiger partial charge on any atom is 0.260 e. The fraction of sp³-hybridized carbons (Fsp3) is 0.471. The van der Waals surface area contributed by atoms with Crippen molar-refractivity contribution >= 4 is 23.2 Å². The minimum atomic E-state index is -0.810. The molecule has 1 aromatic carbocycles. The summed E-state index contributed by atoms with van der Waals surface area (Å²) < 4.78 is 0. The number of amides is 2. The fourth-order valence-corrected chi connectivity index (χ4v) is 3.40. The molecule has 0 bridgehead atoms. The number of fused-ring (bicyclic) bond motifs is 1. The minimum absolute atomic E-state index is 0.136. The van der Waals surface area contributed by atoms with Gasteiger partial charge in [-0.15, -0.1) is 0 Å². The number of anilines is 1. The van der Waals surface area contributed by atoms with Crippen molar-refractivity contribution in [1.82, 2.24) is 5.01 Å². The second-order valence-corrected chi connectivity index (χ2v) is 6.74. The minimum Gasteiger partial charge on any atom is -0.325 e. The van der Waals surface area contributed by atoms with Crippen molar-refractivity contribution in [2.24, 2.45) is 11.0 Å². The van der Waals surface area contributed by atoms with E-state index in [0.717, 1.165) is 18.5 Å². The van der Waals surface area contributed by atoms with Crippen LogP contribution in [0.2, 0.25) is 0 Å². The number of hydrogen-bond donors (Lipinski definition) is 1. The molecule has 1 unspecified atom stereocenters. The van der Waals surface area contributed by atoms with E-state index in [1.807, 2.05) is 12.1 Å². The zero-order valence-corrected chi connectivity index (χ0v) is 13.4. The second-order valence-electron chi connectivity index (χ2n) is 6.74. The van der Waals surface area contributed by atoms with E-state index in [9.17, 15) is 9.59 Å². The summed E-state index contributed by atoms with van der Waals surface area (Å²) in [7, 11) is 1.57. The van der Waals surface area contributed by atoms with Gasteiger partial charge in [-0.25, -0.2) is 5.01 Å². The summed E-state index contributed by atoms with van der Waals surface area (Å²) in [4.78, 5) is 24.5. The summed E-state index contributed by atoms with van der Waals surface area (Å²) in [5.41, 5.74) is 3.97. The average Bonchev–Trinajstić information content (AvgIpc) is 2.88. The lowest BCUT2D eigenvalue weighted by atomic mass is 9.86. The highest BCUT2D eigenvalue weighted by Crippen LogP contribution is 2.41. The van der Waals surface area contributed by atoms with Crippen LogP contribution in [0.15, 0.2) is 23.3 Å².